The molecule has 6 nitrogen and oxygen atoms in total. The lowest BCUT2D eigenvalue weighted by Gasteiger charge is -2.43. The lowest BCUT2D eigenvalue weighted by molar-refractivity contribution is -0.142. The number of hydrogen-bond acceptors (Lipinski definition) is 4. The first-order valence-electron chi connectivity index (χ1n) is 8.44. The number of piperidine rings is 1. The largest absolute Gasteiger partial charge is 0.472 e. The predicted octanol–water partition coefficient (Wildman–Crippen LogP) is 1.44. The molecule has 1 atom stereocenters. The van der Waals surface area contributed by atoms with Gasteiger partial charge in [0.2, 0.25) is 5.91 Å². The molecule has 1 aromatic heterocycles. The Morgan fingerprint density at radius 2 is 1.96 bits per heavy atom. The third-order valence-corrected chi connectivity index (χ3v) is 4.88. The summed E-state index contributed by atoms with van der Waals surface area (Å²) in [6, 6.07) is 1.94. The van der Waals surface area contributed by atoms with E-state index in [2.05, 4.69) is 18.7 Å². The number of hydrogen-bond donors (Lipinski definition) is 0. The molecule has 2 saturated heterocycles. The van der Waals surface area contributed by atoms with E-state index in [9.17, 15) is 9.59 Å². The summed E-state index contributed by atoms with van der Waals surface area (Å²) in [6.45, 7) is 7.85. The van der Waals surface area contributed by atoms with Crippen LogP contribution in [0.15, 0.2) is 23.0 Å². The van der Waals surface area contributed by atoms with Crippen molar-refractivity contribution in [1.82, 2.24) is 14.7 Å². The summed E-state index contributed by atoms with van der Waals surface area (Å²) in [5, 5.41) is 0. The van der Waals surface area contributed by atoms with Gasteiger partial charge in [0.25, 0.3) is 5.91 Å². The van der Waals surface area contributed by atoms with Crippen LogP contribution in [0.3, 0.4) is 0 Å². The average molecular weight is 319 g/mol. The molecule has 0 saturated carbocycles. The maximum Gasteiger partial charge on any atom is 0.257 e. The maximum atomic E-state index is 12.7. The second kappa shape index (κ2) is 6.74. The van der Waals surface area contributed by atoms with E-state index in [0.29, 0.717) is 18.7 Å². The Morgan fingerprint density at radius 3 is 2.57 bits per heavy atom. The van der Waals surface area contributed by atoms with Gasteiger partial charge < -0.3 is 14.2 Å². The predicted molar refractivity (Wildman–Crippen MR) is 86.1 cm³/mol. The Labute approximate surface area is 137 Å². The van der Waals surface area contributed by atoms with Gasteiger partial charge in [-0.15, -0.1) is 0 Å². The van der Waals surface area contributed by atoms with Crippen molar-refractivity contribution in [3.05, 3.63) is 24.2 Å². The molecule has 2 aliphatic heterocycles. The van der Waals surface area contributed by atoms with Crippen molar-refractivity contribution in [2.24, 2.45) is 0 Å². The van der Waals surface area contributed by atoms with Crippen LogP contribution in [0, 0.1) is 0 Å². The van der Waals surface area contributed by atoms with Crippen LogP contribution in [0.25, 0.3) is 0 Å². The smallest absolute Gasteiger partial charge is 0.257 e. The van der Waals surface area contributed by atoms with Crippen LogP contribution in [0.2, 0.25) is 0 Å². The van der Waals surface area contributed by atoms with E-state index in [0.717, 1.165) is 32.5 Å². The van der Waals surface area contributed by atoms with Crippen LogP contribution in [-0.2, 0) is 4.79 Å². The first kappa shape index (κ1) is 16.1. The van der Waals surface area contributed by atoms with Crippen LogP contribution >= 0.6 is 0 Å². The highest BCUT2D eigenvalue weighted by molar-refractivity contribution is 5.93. The number of carbonyl (C=O) groups is 2. The summed E-state index contributed by atoms with van der Waals surface area (Å²) in [7, 11) is 0. The Morgan fingerprint density at radius 1 is 1.22 bits per heavy atom. The first-order chi connectivity index (χ1) is 11.1. The fraction of sp³-hybridized carbons (Fsp3) is 0.647. The van der Waals surface area contributed by atoms with E-state index in [-0.39, 0.29) is 23.9 Å². The van der Waals surface area contributed by atoms with Crippen molar-refractivity contribution < 1.29 is 14.0 Å². The van der Waals surface area contributed by atoms with Crippen LogP contribution in [0.1, 0.15) is 37.0 Å². The summed E-state index contributed by atoms with van der Waals surface area (Å²) in [5.41, 5.74) is 0.596. The Kier molecular flexibility index (Phi) is 4.71. The first-order valence-corrected chi connectivity index (χ1v) is 8.44. The molecule has 2 amide bonds. The minimum absolute atomic E-state index is 0.0113. The van der Waals surface area contributed by atoms with Gasteiger partial charge in [0.15, 0.2) is 0 Å². The molecule has 0 aliphatic carbocycles. The number of nitrogens with zero attached hydrogens (tertiary/aromatic N) is 3. The molecule has 3 rings (SSSR count). The minimum Gasteiger partial charge on any atom is -0.472 e. The van der Waals surface area contributed by atoms with E-state index in [1.54, 1.807) is 6.07 Å². The fourth-order valence-corrected chi connectivity index (χ4v) is 3.54. The van der Waals surface area contributed by atoms with Gasteiger partial charge in [0.1, 0.15) is 6.26 Å². The molecule has 126 valence electrons. The van der Waals surface area contributed by atoms with Crippen molar-refractivity contribution in [3.8, 4) is 0 Å². The van der Waals surface area contributed by atoms with Crippen molar-refractivity contribution in [1.29, 1.82) is 0 Å². The normalized spacial score (nSPS) is 23.6. The summed E-state index contributed by atoms with van der Waals surface area (Å²) in [5.74, 6) is 0.262. The van der Waals surface area contributed by atoms with Gasteiger partial charge in [0, 0.05) is 38.8 Å². The number of furan rings is 1. The minimum atomic E-state index is -0.0164. The summed E-state index contributed by atoms with van der Waals surface area (Å²) in [4.78, 5) is 31.1. The topological polar surface area (TPSA) is 57.0 Å². The molecule has 0 bridgehead atoms. The molecular weight excluding hydrogens is 294 g/mol. The lowest BCUT2D eigenvalue weighted by atomic mass is 10.0. The van der Waals surface area contributed by atoms with Gasteiger partial charge in [0.05, 0.1) is 17.9 Å². The number of amides is 2. The highest BCUT2D eigenvalue weighted by Gasteiger charge is 2.36. The zero-order chi connectivity index (χ0) is 16.4. The zero-order valence-electron chi connectivity index (χ0n) is 13.9. The van der Waals surface area contributed by atoms with Gasteiger partial charge in [-0.25, -0.2) is 0 Å². The Balaban J connectivity index is 1.58. The van der Waals surface area contributed by atoms with Crippen molar-refractivity contribution in [3.63, 3.8) is 0 Å². The molecule has 23 heavy (non-hydrogen) atoms. The molecule has 2 fully saturated rings. The van der Waals surface area contributed by atoms with Gasteiger partial charge in [-0.05, 0) is 32.8 Å². The highest BCUT2D eigenvalue weighted by atomic mass is 16.3. The van der Waals surface area contributed by atoms with Crippen molar-refractivity contribution in [2.75, 3.05) is 32.7 Å². The molecule has 1 unspecified atom stereocenters. The average Bonchev–Trinajstić information content (AvgIpc) is 3.09. The van der Waals surface area contributed by atoms with Crippen molar-refractivity contribution in [2.45, 2.75) is 38.8 Å². The third-order valence-electron chi connectivity index (χ3n) is 4.88. The van der Waals surface area contributed by atoms with Gasteiger partial charge >= 0.3 is 0 Å². The molecule has 0 radical (unpaired) electrons. The molecule has 0 aromatic carbocycles. The van der Waals surface area contributed by atoms with E-state index >= 15 is 0 Å². The SMILES string of the molecule is CC(C)N1CCCC(N2CCN(C(=O)c3ccoc3)CC2)C1=O. The van der Waals surface area contributed by atoms with Gasteiger partial charge in [-0.3, -0.25) is 14.5 Å². The second-order valence-electron chi connectivity index (χ2n) is 6.62. The van der Waals surface area contributed by atoms with Gasteiger partial charge in [-0.1, -0.05) is 0 Å². The van der Waals surface area contributed by atoms with Crippen LogP contribution in [-0.4, -0.2) is 71.3 Å². The highest BCUT2D eigenvalue weighted by Crippen LogP contribution is 2.21. The Hall–Kier alpha value is -1.82. The molecule has 0 spiro atoms. The fourth-order valence-electron chi connectivity index (χ4n) is 3.54. The van der Waals surface area contributed by atoms with Crippen LogP contribution < -0.4 is 0 Å². The number of rotatable bonds is 3. The standard InChI is InChI=1S/C17H25N3O3/c1-13(2)20-6-3-4-15(17(20)22)18-7-9-19(10-8-18)16(21)14-5-11-23-12-14/h5,11-13,15H,3-4,6-10H2,1-2H3. The maximum absolute atomic E-state index is 12.7. The van der Waals surface area contributed by atoms with E-state index in [1.807, 2.05) is 9.80 Å². The summed E-state index contributed by atoms with van der Waals surface area (Å²) >= 11 is 0. The molecule has 0 N–H and O–H groups in total. The summed E-state index contributed by atoms with van der Waals surface area (Å²) < 4.78 is 4.98. The lowest BCUT2D eigenvalue weighted by Crippen LogP contribution is -2.59. The number of likely N-dealkylation sites (tertiary alicyclic amines) is 1. The van der Waals surface area contributed by atoms with Gasteiger partial charge in [-0.2, -0.15) is 0 Å². The van der Waals surface area contributed by atoms with E-state index < -0.39 is 0 Å². The number of piperazine rings is 1. The molecule has 1 aromatic rings. The molecule has 2 aliphatic rings. The third kappa shape index (κ3) is 3.27. The summed E-state index contributed by atoms with van der Waals surface area (Å²) in [6.07, 6.45) is 4.99. The van der Waals surface area contributed by atoms with Crippen molar-refractivity contribution >= 4 is 11.8 Å². The molecule has 6 heteroatoms. The van der Waals surface area contributed by atoms with Crippen LogP contribution in [0.4, 0.5) is 0 Å². The molecule has 3 heterocycles. The Bertz CT molecular complexity index is 547. The quantitative estimate of drug-likeness (QED) is 0.846. The van der Waals surface area contributed by atoms with Crippen LogP contribution in [0.5, 0.6) is 0 Å². The van der Waals surface area contributed by atoms with E-state index in [1.165, 1.54) is 12.5 Å². The van der Waals surface area contributed by atoms with E-state index in [4.69, 9.17) is 4.42 Å². The second-order valence-corrected chi connectivity index (χ2v) is 6.62. The zero-order valence-corrected chi connectivity index (χ0v) is 13.9. The monoisotopic (exact) mass is 319 g/mol. The molecular formula is C17H25N3O3. The number of carbonyl (C=O) groups excluding carboxylic acids is 2.